The van der Waals surface area contributed by atoms with E-state index in [9.17, 15) is 4.79 Å². The number of hydrogen-bond donors (Lipinski definition) is 2. The molecule has 1 aromatic heterocycles. The molecular formula is C18H29N3O2. The van der Waals surface area contributed by atoms with Gasteiger partial charge in [0.05, 0.1) is 11.7 Å². The number of alkyl carbamates (subject to hydrolysis) is 1. The largest absolute Gasteiger partial charge is 0.444 e. The molecule has 0 spiro atoms. The third-order valence-electron chi connectivity index (χ3n) is 5.99. The molecule has 23 heavy (non-hydrogen) atoms. The second-order valence-electron chi connectivity index (χ2n) is 8.90. The van der Waals surface area contributed by atoms with Crippen LogP contribution in [-0.4, -0.2) is 21.7 Å². The average molecular weight is 319 g/mol. The topological polar surface area (TPSA) is 67.0 Å². The maximum atomic E-state index is 11.9. The normalized spacial score (nSPS) is 29.3. The molecular weight excluding hydrogens is 290 g/mol. The van der Waals surface area contributed by atoms with Gasteiger partial charge in [-0.05, 0) is 46.0 Å². The maximum Gasteiger partial charge on any atom is 0.408 e. The Labute approximate surface area is 138 Å². The van der Waals surface area contributed by atoms with E-state index < -0.39 is 11.7 Å². The lowest BCUT2D eigenvalue weighted by Crippen LogP contribution is -2.35. The fourth-order valence-electron chi connectivity index (χ4n) is 4.27. The maximum absolute atomic E-state index is 11.9. The van der Waals surface area contributed by atoms with E-state index in [-0.39, 0.29) is 16.9 Å². The van der Waals surface area contributed by atoms with Gasteiger partial charge in [-0.15, -0.1) is 0 Å². The molecule has 0 aromatic carbocycles. The number of H-pyrrole nitrogens is 1. The van der Waals surface area contributed by atoms with Gasteiger partial charge in [-0.2, -0.15) is 0 Å². The van der Waals surface area contributed by atoms with Crippen molar-refractivity contribution in [3.63, 3.8) is 0 Å². The zero-order valence-corrected chi connectivity index (χ0v) is 15.3. The molecule has 5 heteroatoms. The molecule has 2 N–H and O–H groups in total. The summed E-state index contributed by atoms with van der Waals surface area (Å²) in [5.41, 5.74) is 2.36. The summed E-state index contributed by atoms with van der Waals surface area (Å²) >= 11 is 0. The van der Waals surface area contributed by atoms with Crippen molar-refractivity contribution < 1.29 is 9.53 Å². The molecule has 2 unspecified atom stereocenters. The molecule has 2 bridgehead atoms. The highest BCUT2D eigenvalue weighted by Gasteiger charge is 2.61. The van der Waals surface area contributed by atoms with Crippen LogP contribution in [0.5, 0.6) is 0 Å². The van der Waals surface area contributed by atoms with Gasteiger partial charge in [0.1, 0.15) is 11.4 Å². The minimum absolute atomic E-state index is 0.132. The van der Waals surface area contributed by atoms with Gasteiger partial charge in [-0.25, -0.2) is 9.78 Å². The lowest BCUT2D eigenvalue weighted by Gasteiger charge is -2.34. The highest BCUT2D eigenvalue weighted by atomic mass is 16.6. The zero-order valence-electron chi connectivity index (χ0n) is 15.3. The molecule has 128 valence electrons. The first-order valence-corrected chi connectivity index (χ1v) is 8.55. The lowest BCUT2D eigenvalue weighted by atomic mass is 9.70. The van der Waals surface area contributed by atoms with Gasteiger partial charge in [0.15, 0.2) is 0 Å². The van der Waals surface area contributed by atoms with Gasteiger partial charge < -0.3 is 15.0 Å². The third kappa shape index (κ3) is 2.36. The monoisotopic (exact) mass is 319 g/mol. The number of amides is 1. The highest BCUT2D eigenvalue weighted by Crippen LogP contribution is 2.66. The first-order chi connectivity index (χ1) is 10.5. The molecule has 2 aliphatic rings. The number of imidazole rings is 1. The number of nitrogens with one attached hydrogen (secondary N) is 2. The van der Waals surface area contributed by atoms with Crippen LogP contribution >= 0.6 is 0 Å². The van der Waals surface area contributed by atoms with Crippen LogP contribution in [0.3, 0.4) is 0 Å². The van der Waals surface area contributed by atoms with Gasteiger partial charge in [-0.3, -0.25) is 0 Å². The lowest BCUT2D eigenvalue weighted by molar-refractivity contribution is 0.0505. The van der Waals surface area contributed by atoms with Gasteiger partial charge in [0.2, 0.25) is 0 Å². The molecule has 2 aliphatic carbocycles. The van der Waals surface area contributed by atoms with Crippen LogP contribution in [0, 0.1) is 5.41 Å². The summed E-state index contributed by atoms with van der Waals surface area (Å²) in [5.74, 6) is 1.37. The standard InChI is InChI=1S/C18H29N3O2/c1-10(19-15(22)23-16(2,3)4)14-20-12-11-8-9-18(7,13(12)21-14)17(11,5)6/h10-11H,8-9H2,1-7H3,(H,19,22)(H,20,21)/t10-,11?,18?/m1/s1. The van der Waals surface area contributed by atoms with E-state index in [1.165, 1.54) is 24.2 Å². The number of carbonyl (C=O) groups is 1. The Balaban J connectivity index is 1.78. The summed E-state index contributed by atoms with van der Waals surface area (Å²) in [6.07, 6.45) is 2.00. The van der Waals surface area contributed by atoms with Crippen molar-refractivity contribution in [3.05, 3.63) is 17.2 Å². The van der Waals surface area contributed by atoms with Crippen molar-refractivity contribution in [1.82, 2.24) is 15.3 Å². The summed E-state index contributed by atoms with van der Waals surface area (Å²) in [7, 11) is 0. The molecule has 0 aliphatic heterocycles. The molecule has 1 saturated carbocycles. The number of rotatable bonds is 2. The van der Waals surface area contributed by atoms with Gasteiger partial charge in [0.25, 0.3) is 0 Å². The molecule has 1 fully saturated rings. The number of nitrogens with zero attached hydrogens (tertiary/aromatic N) is 1. The average Bonchev–Trinajstić information content (AvgIpc) is 2.94. The Morgan fingerprint density at radius 1 is 1.39 bits per heavy atom. The predicted octanol–water partition coefficient (Wildman–Crippen LogP) is 4.17. The number of aromatic amines is 1. The Hall–Kier alpha value is -1.52. The molecule has 1 amide bonds. The van der Waals surface area contributed by atoms with E-state index in [0.717, 1.165) is 5.82 Å². The summed E-state index contributed by atoms with van der Waals surface area (Å²) < 4.78 is 5.32. The third-order valence-corrected chi connectivity index (χ3v) is 5.99. The van der Waals surface area contributed by atoms with Crippen LogP contribution in [0.25, 0.3) is 0 Å². The summed E-state index contributed by atoms with van der Waals surface area (Å²) in [6.45, 7) is 14.5. The Kier molecular flexibility index (Phi) is 3.37. The van der Waals surface area contributed by atoms with Crippen LogP contribution in [0.15, 0.2) is 0 Å². The molecule has 5 nitrogen and oxygen atoms in total. The second-order valence-corrected chi connectivity index (χ2v) is 8.90. The van der Waals surface area contributed by atoms with E-state index in [1.54, 1.807) is 0 Å². The van der Waals surface area contributed by atoms with Crippen LogP contribution in [0.1, 0.15) is 90.5 Å². The number of ether oxygens (including phenoxy) is 1. The number of carbonyl (C=O) groups excluding carboxylic acids is 1. The van der Waals surface area contributed by atoms with Crippen molar-refractivity contribution in [2.45, 2.75) is 84.3 Å². The van der Waals surface area contributed by atoms with Crippen molar-refractivity contribution in [1.29, 1.82) is 0 Å². The second kappa shape index (κ2) is 4.74. The Morgan fingerprint density at radius 2 is 2.04 bits per heavy atom. The highest BCUT2D eigenvalue weighted by molar-refractivity contribution is 5.68. The van der Waals surface area contributed by atoms with Gasteiger partial charge >= 0.3 is 6.09 Å². The van der Waals surface area contributed by atoms with Crippen molar-refractivity contribution in [2.24, 2.45) is 5.41 Å². The fourth-order valence-corrected chi connectivity index (χ4v) is 4.27. The quantitative estimate of drug-likeness (QED) is 0.859. The first-order valence-electron chi connectivity index (χ1n) is 8.55. The van der Waals surface area contributed by atoms with E-state index in [2.05, 4.69) is 31.1 Å². The molecule has 3 atom stereocenters. The first kappa shape index (κ1) is 16.3. The van der Waals surface area contributed by atoms with Crippen molar-refractivity contribution in [2.75, 3.05) is 0 Å². The van der Waals surface area contributed by atoms with Gasteiger partial charge in [0, 0.05) is 17.0 Å². The Bertz CT molecular complexity index is 641. The fraction of sp³-hybridized carbons (Fsp3) is 0.778. The van der Waals surface area contributed by atoms with Crippen molar-refractivity contribution >= 4 is 6.09 Å². The molecule has 1 heterocycles. The smallest absolute Gasteiger partial charge is 0.408 e. The van der Waals surface area contributed by atoms with E-state index in [4.69, 9.17) is 9.72 Å². The molecule has 1 aromatic rings. The zero-order chi connectivity index (χ0) is 17.2. The molecule has 3 rings (SSSR count). The summed E-state index contributed by atoms with van der Waals surface area (Å²) in [5, 5.41) is 2.87. The summed E-state index contributed by atoms with van der Waals surface area (Å²) in [4.78, 5) is 20.3. The van der Waals surface area contributed by atoms with E-state index >= 15 is 0 Å². The van der Waals surface area contributed by atoms with Gasteiger partial charge in [-0.1, -0.05) is 20.8 Å². The van der Waals surface area contributed by atoms with E-state index in [0.29, 0.717) is 5.92 Å². The predicted molar refractivity (Wildman–Crippen MR) is 89.5 cm³/mol. The van der Waals surface area contributed by atoms with Crippen LogP contribution < -0.4 is 5.32 Å². The Morgan fingerprint density at radius 3 is 2.61 bits per heavy atom. The van der Waals surface area contributed by atoms with E-state index in [1.807, 2.05) is 27.7 Å². The van der Waals surface area contributed by atoms with Crippen molar-refractivity contribution in [3.8, 4) is 0 Å². The SMILES string of the molecule is C[C@@H](NC(=O)OC(C)(C)C)c1nc2c([nH]1)C1CCC2(C)C1(C)C. The number of hydrogen-bond acceptors (Lipinski definition) is 3. The minimum Gasteiger partial charge on any atom is -0.444 e. The minimum atomic E-state index is -0.495. The molecule has 0 saturated heterocycles. The number of fused-ring (bicyclic) bond motifs is 5. The van der Waals surface area contributed by atoms with Crippen LogP contribution in [0.2, 0.25) is 0 Å². The van der Waals surface area contributed by atoms with Crippen LogP contribution in [0.4, 0.5) is 4.79 Å². The summed E-state index contributed by atoms with van der Waals surface area (Å²) in [6, 6.07) is -0.193. The molecule has 0 radical (unpaired) electrons. The van der Waals surface area contributed by atoms with Crippen LogP contribution in [-0.2, 0) is 10.2 Å². The number of aromatic nitrogens is 2.